The summed E-state index contributed by atoms with van der Waals surface area (Å²) < 4.78 is 29.1. The van der Waals surface area contributed by atoms with E-state index in [0.29, 0.717) is 24.5 Å². The van der Waals surface area contributed by atoms with Crippen LogP contribution in [0.25, 0.3) is 0 Å². The van der Waals surface area contributed by atoms with Gasteiger partial charge in [0.05, 0.1) is 4.90 Å². The van der Waals surface area contributed by atoms with E-state index in [-0.39, 0.29) is 10.7 Å². The van der Waals surface area contributed by atoms with E-state index in [4.69, 9.17) is 0 Å². The lowest BCUT2D eigenvalue weighted by Crippen LogP contribution is -2.31. The number of hydrogen-bond donors (Lipinski definition) is 0. The molecule has 0 spiro atoms. The summed E-state index contributed by atoms with van der Waals surface area (Å²) >= 11 is 0. The maximum absolute atomic E-state index is 12.8. The third-order valence-electron chi connectivity index (χ3n) is 4.99. The van der Waals surface area contributed by atoms with Crippen molar-refractivity contribution in [3.8, 4) is 0 Å². The molecule has 0 aliphatic carbocycles. The lowest BCUT2D eigenvalue weighted by atomic mass is 10.1. The van der Waals surface area contributed by atoms with Crippen LogP contribution in [0.3, 0.4) is 0 Å². The van der Waals surface area contributed by atoms with Crippen molar-refractivity contribution >= 4 is 15.8 Å². The first kappa shape index (κ1) is 19.8. The van der Waals surface area contributed by atoms with Gasteiger partial charge in [-0.3, -0.25) is 4.79 Å². The van der Waals surface area contributed by atoms with Crippen molar-refractivity contribution < 1.29 is 13.2 Å². The number of sulfonamides is 1. The first-order valence-corrected chi connectivity index (χ1v) is 11.1. The van der Waals surface area contributed by atoms with Gasteiger partial charge in [-0.1, -0.05) is 26.2 Å². The maximum Gasteiger partial charge on any atom is 0.243 e. The van der Waals surface area contributed by atoms with Crippen molar-refractivity contribution in [3.63, 3.8) is 0 Å². The molecule has 27 heavy (non-hydrogen) atoms. The number of aryl methyl sites for hydroxylation is 1. The highest BCUT2D eigenvalue weighted by Gasteiger charge is 2.25. The smallest absolute Gasteiger partial charge is 0.243 e. The molecule has 2 aromatic rings. The predicted octanol–water partition coefficient (Wildman–Crippen LogP) is 3.48. The van der Waals surface area contributed by atoms with Gasteiger partial charge in [0.15, 0.2) is 5.82 Å². The van der Waals surface area contributed by atoms with Gasteiger partial charge in [-0.15, -0.1) is 0 Å². The molecule has 0 amide bonds. The van der Waals surface area contributed by atoms with Crippen LogP contribution in [0.5, 0.6) is 0 Å². The second-order valence-corrected chi connectivity index (χ2v) is 8.91. The molecule has 6 nitrogen and oxygen atoms in total. The molecule has 0 radical (unpaired) electrons. The summed E-state index contributed by atoms with van der Waals surface area (Å²) in [5.74, 6) is 0.210. The summed E-state index contributed by atoms with van der Waals surface area (Å²) in [6.45, 7) is 3.98. The lowest BCUT2D eigenvalue weighted by Gasteiger charge is -2.20. The average Bonchev–Trinajstić information content (AvgIpc) is 2.96. The standard InChI is InChI=1S/C20H27N3O3S/c1-2-3-13-22-16-12-21-20(22)19(24)17-8-10-18(11-9-17)27(25,26)23-14-6-4-5-7-15-23/h8-12,16H,2-7,13-15H2,1H3. The Labute approximate surface area is 161 Å². The zero-order chi connectivity index (χ0) is 19.3. The van der Waals surface area contributed by atoms with Crippen molar-refractivity contribution in [3.05, 3.63) is 48.0 Å². The predicted molar refractivity (Wildman–Crippen MR) is 104 cm³/mol. The zero-order valence-electron chi connectivity index (χ0n) is 15.8. The Bertz CT molecular complexity index is 864. The Kier molecular flexibility index (Phi) is 6.44. The molecule has 146 valence electrons. The number of aromatic nitrogens is 2. The fourth-order valence-electron chi connectivity index (χ4n) is 3.37. The molecule has 1 fully saturated rings. The van der Waals surface area contributed by atoms with E-state index in [2.05, 4.69) is 11.9 Å². The Morgan fingerprint density at radius 2 is 1.74 bits per heavy atom. The number of unbranched alkanes of at least 4 members (excludes halogenated alkanes) is 1. The summed E-state index contributed by atoms with van der Waals surface area (Å²) in [5.41, 5.74) is 0.453. The van der Waals surface area contributed by atoms with Crippen LogP contribution < -0.4 is 0 Å². The number of carbonyl (C=O) groups excluding carboxylic acids is 1. The molecule has 0 bridgehead atoms. The van der Waals surface area contributed by atoms with Crippen molar-refractivity contribution in [1.29, 1.82) is 0 Å². The summed E-state index contributed by atoms with van der Waals surface area (Å²) in [7, 11) is -3.50. The summed E-state index contributed by atoms with van der Waals surface area (Å²) in [5, 5.41) is 0. The van der Waals surface area contributed by atoms with Crippen LogP contribution in [0.4, 0.5) is 0 Å². The minimum Gasteiger partial charge on any atom is -0.328 e. The quantitative estimate of drug-likeness (QED) is 0.680. The van der Waals surface area contributed by atoms with E-state index in [1.54, 1.807) is 28.8 Å². The molecular formula is C20H27N3O3S. The van der Waals surface area contributed by atoms with Gasteiger partial charge in [-0.25, -0.2) is 13.4 Å². The Morgan fingerprint density at radius 3 is 2.37 bits per heavy atom. The van der Waals surface area contributed by atoms with Crippen LogP contribution in [0, 0.1) is 0 Å². The van der Waals surface area contributed by atoms with Crippen LogP contribution in [-0.2, 0) is 16.6 Å². The maximum atomic E-state index is 12.8. The van der Waals surface area contributed by atoms with Crippen LogP contribution >= 0.6 is 0 Å². The third kappa shape index (κ3) is 4.47. The van der Waals surface area contributed by atoms with Gasteiger partial charge >= 0.3 is 0 Å². The molecule has 0 atom stereocenters. The van der Waals surface area contributed by atoms with Crippen LogP contribution in [0.2, 0.25) is 0 Å². The molecule has 1 aliphatic heterocycles. The average molecular weight is 390 g/mol. The van der Waals surface area contributed by atoms with Crippen molar-refractivity contribution in [2.75, 3.05) is 13.1 Å². The molecule has 7 heteroatoms. The molecule has 1 saturated heterocycles. The number of imidazole rings is 1. The molecule has 0 saturated carbocycles. The van der Waals surface area contributed by atoms with Crippen molar-refractivity contribution in [2.24, 2.45) is 0 Å². The summed E-state index contributed by atoms with van der Waals surface area (Å²) in [4.78, 5) is 17.2. The number of carbonyl (C=O) groups is 1. The van der Waals surface area contributed by atoms with Gasteiger partial charge in [0, 0.05) is 37.6 Å². The van der Waals surface area contributed by atoms with Crippen LogP contribution in [-0.4, -0.2) is 41.1 Å². The Morgan fingerprint density at radius 1 is 1.07 bits per heavy atom. The molecule has 0 N–H and O–H groups in total. The molecule has 0 unspecified atom stereocenters. The lowest BCUT2D eigenvalue weighted by molar-refractivity contribution is 0.102. The molecule has 2 heterocycles. The second kappa shape index (κ2) is 8.80. The van der Waals surface area contributed by atoms with Gasteiger partial charge in [-0.2, -0.15) is 4.31 Å². The van der Waals surface area contributed by atoms with Gasteiger partial charge in [-0.05, 0) is 43.5 Å². The first-order valence-electron chi connectivity index (χ1n) is 9.70. The SMILES string of the molecule is CCCCn1ccnc1C(=O)c1ccc(S(=O)(=O)N2CCCCCC2)cc1. The number of rotatable bonds is 7. The number of nitrogens with zero attached hydrogens (tertiary/aromatic N) is 3. The molecule has 1 aromatic carbocycles. The summed E-state index contributed by atoms with van der Waals surface area (Å²) in [6, 6.07) is 6.25. The topological polar surface area (TPSA) is 72.3 Å². The van der Waals surface area contributed by atoms with Crippen LogP contribution in [0.15, 0.2) is 41.6 Å². The third-order valence-corrected chi connectivity index (χ3v) is 6.90. The molecule has 1 aromatic heterocycles. The second-order valence-electron chi connectivity index (χ2n) is 6.97. The largest absolute Gasteiger partial charge is 0.328 e. The number of benzene rings is 1. The van der Waals surface area contributed by atoms with E-state index >= 15 is 0 Å². The van der Waals surface area contributed by atoms with E-state index in [1.807, 2.05) is 4.57 Å². The fraction of sp³-hybridized carbons (Fsp3) is 0.500. The molecule has 3 rings (SSSR count). The van der Waals surface area contributed by atoms with E-state index in [9.17, 15) is 13.2 Å². The minimum absolute atomic E-state index is 0.185. The van der Waals surface area contributed by atoms with Crippen LogP contribution in [0.1, 0.15) is 61.6 Å². The number of ketones is 1. The number of hydrogen-bond acceptors (Lipinski definition) is 4. The molecular weight excluding hydrogens is 362 g/mol. The van der Waals surface area contributed by atoms with E-state index in [0.717, 1.165) is 45.1 Å². The summed E-state index contributed by atoms with van der Waals surface area (Å²) in [6.07, 6.45) is 9.39. The highest BCUT2D eigenvalue weighted by Crippen LogP contribution is 2.21. The monoisotopic (exact) mass is 389 g/mol. The minimum atomic E-state index is -3.50. The molecule has 1 aliphatic rings. The highest BCUT2D eigenvalue weighted by molar-refractivity contribution is 7.89. The van der Waals surface area contributed by atoms with E-state index < -0.39 is 10.0 Å². The van der Waals surface area contributed by atoms with Crippen molar-refractivity contribution in [2.45, 2.75) is 56.9 Å². The van der Waals surface area contributed by atoms with Gasteiger partial charge in [0.2, 0.25) is 15.8 Å². The highest BCUT2D eigenvalue weighted by atomic mass is 32.2. The van der Waals surface area contributed by atoms with Crippen molar-refractivity contribution in [1.82, 2.24) is 13.9 Å². The normalized spacial score (nSPS) is 16.2. The Hall–Kier alpha value is -1.99. The van der Waals surface area contributed by atoms with E-state index in [1.165, 1.54) is 12.1 Å². The zero-order valence-corrected chi connectivity index (χ0v) is 16.6. The van der Waals surface area contributed by atoms with Gasteiger partial charge < -0.3 is 4.57 Å². The van der Waals surface area contributed by atoms with Gasteiger partial charge in [0.25, 0.3) is 0 Å². The first-order chi connectivity index (χ1) is 13.0. The Balaban J connectivity index is 1.79. The fourth-order valence-corrected chi connectivity index (χ4v) is 4.88. The van der Waals surface area contributed by atoms with Gasteiger partial charge in [0.1, 0.15) is 0 Å².